The van der Waals surface area contributed by atoms with Crippen LogP contribution in [0.3, 0.4) is 0 Å². The molecule has 21 heavy (non-hydrogen) atoms. The summed E-state index contributed by atoms with van der Waals surface area (Å²) in [5.41, 5.74) is 2.96. The van der Waals surface area contributed by atoms with E-state index in [2.05, 4.69) is 43.0 Å². The van der Waals surface area contributed by atoms with Gasteiger partial charge >= 0.3 is 5.97 Å². The van der Waals surface area contributed by atoms with E-state index in [0.717, 1.165) is 19.4 Å². The minimum absolute atomic E-state index is 0.158. The molecule has 0 bridgehead atoms. The molecule has 0 saturated carbocycles. The molecule has 3 heteroatoms. The van der Waals surface area contributed by atoms with Crippen molar-refractivity contribution in [3.8, 4) is 0 Å². The Morgan fingerprint density at radius 3 is 2.52 bits per heavy atom. The largest absolute Gasteiger partial charge is 0.481 e. The van der Waals surface area contributed by atoms with Gasteiger partial charge in [-0.3, -0.25) is 9.69 Å². The van der Waals surface area contributed by atoms with Crippen LogP contribution < -0.4 is 0 Å². The number of hydrogen-bond donors (Lipinski definition) is 1. The molecule has 4 unspecified atom stereocenters. The molecule has 1 aromatic carbocycles. The second-order valence-corrected chi connectivity index (χ2v) is 6.77. The van der Waals surface area contributed by atoms with E-state index in [4.69, 9.17) is 0 Å². The number of carbonyl (C=O) groups is 1. The molecule has 0 amide bonds. The molecular formula is C18H25NO2. The van der Waals surface area contributed by atoms with E-state index in [1.54, 1.807) is 0 Å². The number of nitrogens with zero attached hydrogens (tertiary/aromatic N) is 1. The van der Waals surface area contributed by atoms with Crippen LogP contribution in [-0.4, -0.2) is 28.6 Å². The molecule has 2 aliphatic rings. The van der Waals surface area contributed by atoms with Crippen LogP contribution in [-0.2, 0) is 4.79 Å². The molecule has 1 N–H and O–H groups in total. The van der Waals surface area contributed by atoms with Crippen LogP contribution >= 0.6 is 0 Å². The number of aliphatic carboxylic acids is 1. The van der Waals surface area contributed by atoms with Gasteiger partial charge in [0.05, 0.1) is 5.92 Å². The molecule has 1 saturated heterocycles. The molecule has 0 aromatic heterocycles. The number of rotatable bonds is 2. The standard InChI is InChI=1S/C18H25NO2/c1-12-7-8-17(16-6-4-3-5-15(12)16)19-10-9-14(18(20)21)11-13(19)2/h3-6,12-14,17H,7-11H2,1-2H3,(H,20,21). The van der Waals surface area contributed by atoms with E-state index in [0.29, 0.717) is 18.0 Å². The van der Waals surface area contributed by atoms with Gasteiger partial charge in [0.15, 0.2) is 0 Å². The molecule has 1 aliphatic heterocycles. The molecular weight excluding hydrogens is 262 g/mol. The first-order chi connectivity index (χ1) is 10.1. The van der Waals surface area contributed by atoms with Crippen LogP contribution in [0.25, 0.3) is 0 Å². The highest BCUT2D eigenvalue weighted by Crippen LogP contribution is 2.42. The van der Waals surface area contributed by atoms with Crippen molar-refractivity contribution in [2.45, 2.75) is 57.5 Å². The van der Waals surface area contributed by atoms with Gasteiger partial charge in [-0.25, -0.2) is 0 Å². The third-order valence-corrected chi connectivity index (χ3v) is 5.44. The summed E-state index contributed by atoms with van der Waals surface area (Å²) >= 11 is 0. The van der Waals surface area contributed by atoms with Crippen molar-refractivity contribution >= 4 is 5.97 Å². The zero-order valence-corrected chi connectivity index (χ0v) is 13.0. The Hall–Kier alpha value is -1.35. The summed E-state index contributed by atoms with van der Waals surface area (Å²) in [5.74, 6) is -0.141. The topological polar surface area (TPSA) is 40.5 Å². The third kappa shape index (κ3) is 2.71. The van der Waals surface area contributed by atoms with E-state index >= 15 is 0 Å². The number of fused-ring (bicyclic) bond motifs is 1. The molecule has 1 heterocycles. The highest BCUT2D eigenvalue weighted by Gasteiger charge is 2.36. The predicted octanol–water partition coefficient (Wildman–Crippen LogP) is 3.81. The maximum atomic E-state index is 11.2. The number of carboxylic acid groups (broad SMARTS) is 1. The number of likely N-dealkylation sites (tertiary alicyclic amines) is 1. The van der Waals surface area contributed by atoms with Crippen LogP contribution in [0.5, 0.6) is 0 Å². The number of carboxylic acids is 1. The molecule has 1 fully saturated rings. The predicted molar refractivity (Wildman–Crippen MR) is 83.4 cm³/mol. The van der Waals surface area contributed by atoms with Gasteiger partial charge < -0.3 is 5.11 Å². The van der Waals surface area contributed by atoms with Crippen molar-refractivity contribution in [1.82, 2.24) is 4.90 Å². The summed E-state index contributed by atoms with van der Waals surface area (Å²) in [4.78, 5) is 13.8. The third-order valence-electron chi connectivity index (χ3n) is 5.44. The Morgan fingerprint density at radius 1 is 1.14 bits per heavy atom. The molecule has 3 rings (SSSR count). The SMILES string of the molecule is CC1CCC(N2CCC(C(=O)O)CC2C)c2ccccc21. The van der Waals surface area contributed by atoms with Gasteiger partial charge in [0.1, 0.15) is 0 Å². The van der Waals surface area contributed by atoms with Crippen LogP contribution in [0.1, 0.15) is 62.6 Å². The number of piperidine rings is 1. The van der Waals surface area contributed by atoms with Gasteiger partial charge in [-0.2, -0.15) is 0 Å². The molecule has 0 radical (unpaired) electrons. The second-order valence-electron chi connectivity index (χ2n) is 6.77. The highest BCUT2D eigenvalue weighted by atomic mass is 16.4. The summed E-state index contributed by atoms with van der Waals surface area (Å²) in [6, 6.07) is 9.64. The van der Waals surface area contributed by atoms with Crippen molar-refractivity contribution in [2.24, 2.45) is 5.92 Å². The monoisotopic (exact) mass is 287 g/mol. The molecule has 0 spiro atoms. The van der Waals surface area contributed by atoms with Crippen LogP contribution in [0.4, 0.5) is 0 Å². The first kappa shape index (κ1) is 14.6. The minimum atomic E-state index is -0.626. The summed E-state index contributed by atoms with van der Waals surface area (Å²) in [6.07, 6.45) is 3.99. The van der Waals surface area contributed by atoms with E-state index in [1.807, 2.05) is 0 Å². The van der Waals surface area contributed by atoms with E-state index in [1.165, 1.54) is 24.0 Å². The smallest absolute Gasteiger partial charge is 0.306 e. The molecule has 4 atom stereocenters. The number of benzene rings is 1. The molecule has 1 aliphatic carbocycles. The zero-order chi connectivity index (χ0) is 15.0. The normalized spacial score (nSPS) is 33.4. The minimum Gasteiger partial charge on any atom is -0.481 e. The van der Waals surface area contributed by atoms with Crippen LogP contribution in [0.2, 0.25) is 0 Å². The van der Waals surface area contributed by atoms with Gasteiger partial charge in [0.25, 0.3) is 0 Å². The lowest BCUT2D eigenvalue weighted by atomic mass is 9.78. The van der Waals surface area contributed by atoms with Gasteiger partial charge in [0.2, 0.25) is 0 Å². The second kappa shape index (κ2) is 5.80. The molecule has 1 aromatic rings. The number of hydrogen-bond acceptors (Lipinski definition) is 2. The molecule has 114 valence electrons. The lowest BCUT2D eigenvalue weighted by Crippen LogP contribution is -2.45. The maximum absolute atomic E-state index is 11.2. The lowest BCUT2D eigenvalue weighted by molar-refractivity contribution is -0.144. The van der Waals surface area contributed by atoms with Crippen molar-refractivity contribution in [2.75, 3.05) is 6.54 Å². The van der Waals surface area contributed by atoms with Gasteiger partial charge in [-0.15, -0.1) is 0 Å². The van der Waals surface area contributed by atoms with Gasteiger partial charge in [0, 0.05) is 12.1 Å². The Bertz CT molecular complexity index is 528. The fourth-order valence-corrected chi connectivity index (χ4v) is 4.20. The Morgan fingerprint density at radius 2 is 1.86 bits per heavy atom. The molecule has 3 nitrogen and oxygen atoms in total. The highest BCUT2D eigenvalue weighted by molar-refractivity contribution is 5.70. The maximum Gasteiger partial charge on any atom is 0.306 e. The van der Waals surface area contributed by atoms with Crippen LogP contribution in [0.15, 0.2) is 24.3 Å². The van der Waals surface area contributed by atoms with E-state index in [9.17, 15) is 9.90 Å². The van der Waals surface area contributed by atoms with Crippen molar-refractivity contribution in [3.63, 3.8) is 0 Å². The van der Waals surface area contributed by atoms with Crippen molar-refractivity contribution in [1.29, 1.82) is 0 Å². The fourth-order valence-electron chi connectivity index (χ4n) is 4.20. The quantitative estimate of drug-likeness (QED) is 0.899. The van der Waals surface area contributed by atoms with Crippen molar-refractivity contribution < 1.29 is 9.90 Å². The van der Waals surface area contributed by atoms with Crippen LogP contribution in [0, 0.1) is 5.92 Å². The summed E-state index contributed by atoms with van der Waals surface area (Å²) < 4.78 is 0. The van der Waals surface area contributed by atoms with Gasteiger partial charge in [-0.05, 0) is 56.2 Å². The van der Waals surface area contributed by atoms with Crippen molar-refractivity contribution in [3.05, 3.63) is 35.4 Å². The Kier molecular flexibility index (Phi) is 4.03. The van der Waals surface area contributed by atoms with Gasteiger partial charge in [-0.1, -0.05) is 31.2 Å². The summed E-state index contributed by atoms with van der Waals surface area (Å²) in [6.45, 7) is 5.41. The van der Waals surface area contributed by atoms with E-state index < -0.39 is 5.97 Å². The first-order valence-corrected chi connectivity index (χ1v) is 8.15. The Balaban J connectivity index is 1.82. The summed E-state index contributed by atoms with van der Waals surface area (Å²) in [7, 11) is 0. The average Bonchev–Trinajstić information content (AvgIpc) is 2.48. The Labute approximate surface area is 127 Å². The fraction of sp³-hybridized carbons (Fsp3) is 0.611. The lowest BCUT2D eigenvalue weighted by Gasteiger charge is -2.44. The average molecular weight is 287 g/mol. The first-order valence-electron chi connectivity index (χ1n) is 8.15. The summed E-state index contributed by atoms with van der Waals surface area (Å²) in [5, 5.41) is 9.23. The van der Waals surface area contributed by atoms with E-state index in [-0.39, 0.29) is 5.92 Å². The zero-order valence-electron chi connectivity index (χ0n) is 13.0.